The Balaban J connectivity index is 1.42. The van der Waals surface area contributed by atoms with Gasteiger partial charge in [0, 0.05) is 50.7 Å². The molecule has 5 rings (SSSR count). The molecular weight excluding hydrogens is 477 g/mol. The number of methoxy groups -OCH3 is 1. The predicted octanol–water partition coefficient (Wildman–Crippen LogP) is 2.49. The first-order valence-electron chi connectivity index (χ1n) is 11.0. The molecule has 0 aliphatic carbocycles. The molecule has 4 aromatic rings. The lowest BCUT2D eigenvalue weighted by molar-refractivity contribution is 0.387. The van der Waals surface area contributed by atoms with Crippen molar-refractivity contribution in [2.75, 3.05) is 45.2 Å². The fourth-order valence-corrected chi connectivity index (χ4v) is 5.67. The smallest absolute Gasteiger partial charge is 0.306 e. The van der Waals surface area contributed by atoms with E-state index in [1.165, 1.54) is 28.0 Å². The average Bonchev–Trinajstić information content (AvgIpc) is 3.52. The van der Waals surface area contributed by atoms with Gasteiger partial charge in [-0.2, -0.15) is 22.0 Å². The first kappa shape index (κ1) is 23.2. The second kappa shape index (κ2) is 9.24. The molecule has 35 heavy (non-hydrogen) atoms. The van der Waals surface area contributed by atoms with Gasteiger partial charge in [-0.15, -0.1) is 0 Å². The zero-order valence-corrected chi connectivity index (χ0v) is 20.0. The van der Waals surface area contributed by atoms with E-state index in [2.05, 4.69) is 20.3 Å². The Labute approximate surface area is 201 Å². The number of hydrogen-bond acceptors (Lipinski definition) is 8. The molecule has 0 saturated carbocycles. The fraction of sp³-hybridized carbons (Fsp3) is 0.318. The lowest BCUT2D eigenvalue weighted by atomic mass is 10.1. The topological polar surface area (TPSA) is 118 Å². The predicted molar refractivity (Wildman–Crippen MR) is 127 cm³/mol. The third-order valence-electron chi connectivity index (χ3n) is 5.83. The normalized spacial score (nSPS) is 16.2. The minimum absolute atomic E-state index is 0.0987. The monoisotopic (exact) mass is 501 g/mol. The average molecular weight is 502 g/mol. The molecule has 1 saturated heterocycles. The molecule has 4 heterocycles. The van der Waals surface area contributed by atoms with Gasteiger partial charge in [0.2, 0.25) is 5.95 Å². The molecule has 0 radical (unpaired) electrons. The molecule has 0 amide bonds. The number of fused-ring (bicyclic) bond motifs is 1. The van der Waals surface area contributed by atoms with Crippen LogP contribution >= 0.6 is 0 Å². The summed E-state index contributed by atoms with van der Waals surface area (Å²) in [6.07, 6.45) is 4.83. The van der Waals surface area contributed by atoms with Gasteiger partial charge in [-0.1, -0.05) is 6.92 Å². The molecule has 1 aliphatic heterocycles. The van der Waals surface area contributed by atoms with E-state index in [-0.39, 0.29) is 5.75 Å². The number of aromatic nitrogens is 4. The molecule has 13 heteroatoms. The number of rotatable bonds is 8. The van der Waals surface area contributed by atoms with Crippen molar-refractivity contribution in [2.24, 2.45) is 0 Å². The van der Waals surface area contributed by atoms with Crippen LogP contribution in [0.2, 0.25) is 0 Å². The molecule has 0 atom stereocenters. The van der Waals surface area contributed by atoms with Crippen molar-refractivity contribution < 1.29 is 22.0 Å². The lowest BCUT2D eigenvalue weighted by Crippen LogP contribution is -2.35. The first-order chi connectivity index (χ1) is 16.9. The van der Waals surface area contributed by atoms with Gasteiger partial charge in [-0.05, 0) is 24.3 Å². The van der Waals surface area contributed by atoms with Crippen molar-refractivity contribution in [1.82, 2.24) is 28.0 Å². The molecular formula is C22H24FN7O4S. The molecule has 1 fully saturated rings. The highest BCUT2D eigenvalue weighted by Gasteiger charge is 2.34. The van der Waals surface area contributed by atoms with E-state index in [9.17, 15) is 12.8 Å². The van der Waals surface area contributed by atoms with Gasteiger partial charge in [0.15, 0.2) is 11.6 Å². The number of hydrogen-bond donors (Lipinski definition) is 1. The third kappa shape index (κ3) is 4.22. The van der Waals surface area contributed by atoms with Crippen LogP contribution in [0.5, 0.6) is 5.75 Å². The molecule has 3 aromatic heterocycles. The van der Waals surface area contributed by atoms with Crippen molar-refractivity contribution in [3.8, 4) is 28.4 Å². The van der Waals surface area contributed by atoms with Gasteiger partial charge >= 0.3 is 5.84 Å². The highest BCUT2D eigenvalue weighted by atomic mass is 32.2. The van der Waals surface area contributed by atoms with Crippen LogP contribution in [0.15, 0.2) is 47.3 Å². The number of ether oxygens (including phenoxy) is 1. The lowest BCUT2D eigenvalue weighted by Gasteiger charge is -2.17. The zero-order chi connectivity index (χ0) is 24.6. The van der Waals surface area contributed by atoms with Crippen LogP contribution in [0, 0.1) is 5.82 Å². The zero-order valence-electron chi connectivity index (χ0n) is 19.2. The Morgan fingerprint density at radius 3 is 2.80 bits per heavy atom. The van der Waals surface area contributed by atoms with E-state index in [1.807, 2.05) is 6.92 Å². The molecule has 11 nitrogen and oxygen atoms in total. The van der Waals surface area contributed by atoms with Crippen LogP contribution in [0.3, 0.4) is 0 Å². The summed E-state index contributed by atoms with van der Waals surface area (Å²) in [5.74, 6) is 0.316. The highest BCUT2D eigenvalue weighted by Crippen LogP contribution is 2.34. The summed E-state index contributed by atoms with van der Waals surface area (Å²) in [6, 6.07) is 6.23. The molecule has 0 bridgehead atoms. The van der Waals surface area contributed by atoms with Gasteiger partial charge in [-0.3, -0.25) is 4.40 Å². The van der Waals surface area contributed by atoms with Crippen molar-refractivity contribution in [1.29, 1.82) is 0 Å². The third-order valence-corrected chi connectivity index (χ3v) is 7.94. The number of nitrogens with zero attached hydrogens (tertiary/aromatic N) is 6. The molecule has 1 N–H and O–H groups in total. The largest absolute Gasteiger partial charge is 0.494 e. The number of nitrogens with one attached hydrogen (secondary N) is 1. The number of halogens is 1. The Hall–Kier alpha value is -3.55. The summed E-state index contributed by atoms with van der Waals surface area (Å²) in [6.45, 7) is 3.86. The molecule has 1 aliphatic rings. The number of imidazole rings is 1. The fourth-order valence-electron chi connectivity index (χ4n) is 4.07. The highest BCUT2D eigenvalue weighted by molar-refractivity contribution is 7.87. The SMILES string of the molecule is CCN1CCN(CCNc2nccc(-c3c(-c4ccc(F)c(OC)c4)nc4occn34)n2)S1(=O)=O. The Kier molecular flexibility index (Phi) is 6.13. The van der Waals surface area contributed by atoms with Crippen LogP contribution in [0.4, 0.5) is 10.3 Å². The van der Waals surface area contributed by atoms with Crippen LogP contribution in [-0.2, 0) is 10.2 Å². The Morgan fingerprint density at radius 2 is 2.03 bits per heavy atom. The molecule has 1 aromatic carbocycles. The van der Waals surface area contributed by atoms with Crippen LogP contribution in [-0.4, -0.2) is 76.2 Å². The quantitative estimate of drug-likeness (QED) is 0.391. The van der Waals surface area contributed by atoms with Gasteiger partial charge in [-0.25, -0.2) is 14.4 Å². The van der Waals surface area contributed by atoms with E-state index in [1.54, 1.807) is 35.0 Å². The van der Waals surface area contributed by atoms with Crippen LogP contribution in [0.25, 0.3) is 28.5 Å². The summed E-state index contributed by atoms with van der Waals surface area (Å²) in [7, 11) is -2.01. The van der Waals surface area contributed by atoms with E-state index in [0.29, 0.717) is 67.2 Å². The standard InChI is InChI=1S/C22H24FN7O4S/c1-3-28-10-11-29(35(28,31)32)9-8-25-21-24-7-6-17(26-21)20-19(27-22-30(20)12-13-34-22)15-4-5-16(23)18(14-15)33-2/h4-7,12-14H,3,8-11H2,1-2H3,(H,24,25,26). The second-order valence-corrected chi connectivity index (χ2v) is 9.73. The molecule has 0 spiro atoms. The number of likely N-dealkylation sites (N-methyl/N-ethyl adjacent to an activating group) is 1. The van der Waals surface area contributed by atoms with Gasteiger partial charge < -0.3 is 14.5 Å². The summed E-state index contributed by atoms with van der Waals surface area (Å²) in [5.41, 5.74) is 2.36. The van der Waals surface area contributed by atoms with Crippen molar-refractivity contribution in [3.05, 3.63) is 48.7 Å². The maximum Gasteiger partial charge on any atom is 0.306 e. The second-order valence-electron chi connectivity index (χ2n) is 7.80. The van der Waals surface area contributed by atoms with Gasteiger partial charge in [0.1, 0.15) is 17.7 Å². The van der Waals surface area contributed by atoms with Crippen molar-refractivity contribution >= 4 is 22.0 Å². The number of oxazole rings is 1. The van der Waals surface area contributed by atoms with E-state index < -0.39 is 16.0 Å². The number of benzene rings is 1. The minimum Gasteiger partial charge on any atom is -0.494 e. The number of anilines is 1. The van der Waals surface area contributed by atoms with Crippen LogP contribution in [0.1, 0.15) is 6.92 Å². The van der Waals surface area contributed by atoms with Crippen molar-refractivity contribution in [2.45, 2.75) is 6.92 Å². The summed E-state index contributed by atoms with van der Waals surface area (Å²) >= 11 is 0. The first-order valence-corrected chi connectivity index (χ1v) is 12.4. The summed E-state index contributed by atoms with van der Waals surface area (Å²) < 4.78 is 54.1. The van der Waals surface area contributed by atoms with Crippen molar-refractivity contribution in [3.63, 3.8) is 0 Å². The summed E-state index contributed by atoms with van der Waals surface area (Å²) in [4.78, 5) is 13.4. The van der Waals surface area contributed by atoms with E-state index >= 15 is 0 Å². The Morgan fingerprint density at radius 1 is 1.20 bits per heavy atom. The van der Waals surface area contributed by atoms with E-state index in [4.69, 9.17) is 9.15 Å². The maximum absolute atomic E-state index is 14.0. The van der Waals surface area contributed by atoms with Gasteiger partial charge in [0.05, 0.1) is 12.8 Å². The van der Waals surface area contributed by atoms with E-state index in [0.717, 1.165) is 0 Å². The minimum atomic E-state index is -3.41. The maximum atomic E-state index is 14.0. The Bertz CT molecular complexity index is 1470. The summed E-state index contributed by atoms with van der Waals surface area (Å²) in [5, 5.41) is 3.10. The molecule has 184 valence electrons. The van der Waals surface area contributed by atoms with Gasteiger partial charge in [0.25, 0.3) is 10.2 Å². The molecule has 0 unspecified atom stereocenters. The van der Waals surface area contributed by atoms with Crippen LogP contribution < -0.4 is 10.1 Å².